The number of benzene rings is 2. The summed E-state index contributed by atoms with van der Waals surface area (Å²) in [7, 11) is 1.60. The van der Waals surface area contributed by atoms with E-state index in [-0.39, 0.29) is 29.5 Å². The van der Waals surface area contributed by atoms with Gasteiger partial charge >= 0.3 is 6.18 Å². The molecule has 0 spiro atoms. The molecule has 1 N–H and O–H groups in total. The quantitative estimate of drug-likeness (QED) is 0.577. The van der Waals surface area contributed by atoms with Crippen LogP contribution in [0, 0.1) is 10.1 Å². The number of nitro groups is 1. The zero-order chi connectivity index (χ0) is 20.2. The van der Waals surface area contributed by atoms with E-state index in [1.165, 1.54) is 30.3 Å². The first-order valence-corrected chi connectivity index (χ1v) is 8.02. The molecule has 144 valence electrons. The minimum absolute atomic E-state index is 0.0274. The maximum Gasteiger partial charge on any atom is 0.416 e. The zero-order valence-corrected chi connectivity index (χ0v) is 14.8. The number of nitro benzene ring substituents is 1. The van der Waals surface area contributed by atoms with E-state index in [0.29, 0.717) is 5.56 Å². The van der Waals surface area contributed by atoms with E-state index in [4.69, 9.17) is 11.6 Å². The fourth-order valence-corrected chi connectivity index (χ4v) is 2.54. The molecular formula is C17H15ClF3N3O3. The van der Waals surface area contributed by atoms with E-state index in [2.05, 4.69) is 5.32 Å². The van der Waals surface area contributed by atoms with Crippen LogP contribution in [0.1, 0.15) is 11.1 Å². The highest BCUT2D eigenvalue weighted by Crippen LogP contribution is 2.29. The Morgan fingerprint density at radius 2 is 1.85 bits per heavy atom. The summed E-state index contributed by atoms with van der Waals surface area (Å²) in [4.78, 5) is 24.0. The van der Waals surface area contributed by atoms with Gasteiger partial charge in [0.1, 0.15) is 5.69 Å². The second-order valence-electron chi connectivity index (χ2n) is 5.83. The topological polar surface area (TPSA) is 75.5 Å². The van der Waals surface area contributed by atoms with Gasteiger partial charge in [0.2, 0.25) is 5.91 Å². The Bertz CT molecular complexity index is 842. The molecule has 0 heterocycles. The number of anilines is 1. The number of alkyl halides is 3. The Hall–Kier alpha value is -2.65. The van der Waals surface area contributed by atoms with Crippen molar-refractivity contribution in [1.29, 1.82) is 0 Å². The summed E-state index contributed by atoms with van der Waals surface area (Å²) in [6.07, 6.45) is -4.41. The third-order valence-electron chi connectivity index (χ3n) is 3.58. The number of amides is 1. The van der Waals surface area contributed by atoms with E-state index in [9.17, 15) is 28.1 Å². The van der Waals surface area contributed by atoms with Crippen LogP contribution in [0.5, 0.6) is 0 Å². The summed E-state index contributed by atoms with van der Waals surface area (Å²) in [5.74, 6) is -0.519. The van der Waals surface area contributed by atoms with Crippen LogP contribution in [0.25, 0.3) is 0 Å². The average Bonchev–Trinajstić information content (AvgIpc) is 2.53. The summed E-state index contributed by atoms with van der Waals surface area (Å²) in [6, 6.07) is 8.40. The smallest absolute Gasteiger partial charge is 0.319 e. The molecule has 27 heavy (non-hydrogen) atoms. The first-order chi connectivity index (χ1) is 12.6. The number of nitrogens with one attached hydrogen (secondary N) is 1. The highest BCUT2D eigenvalue weighted by molar-refractivity contribution is 6.31. The number of likely N-dealkylation sites (N-methyl/N-ethyl adjacent to an activating group) is 1. The molecule has 2 rings (SSSR count). The maximum atomic E-state index is 12.6. The number of halogens is 4. The first-order valence-electron chi connectivity index (χ1n) is 7.64. The highest BCUT2D eigenvalue weighted by Gasteiger charge is 2.29. The molecule has 0 aliphatic carbocycles. The zero-order valence-electron chi connectivity index (χ0n) is 14.1. The molecule has 1 amide bonds. The lowest BCUT2D eigenvalue weighted by molar-refractivity contribution is -0.383. The third kappa shape index (κ3) is 5.93. The number of rotatable bonds is 6. The van der Waals surface area contributed by atoms with Crippen molar-refractivity contribution in [3.05, 3.63) is 68.7 Å². The molecule has 0 atom stereocenters. The van der Waals surface area contributed by atoms with Crippen molar-refractivity contribution in [3.63, 3.8) is 0 Å². The second-order valence-corrected chi connectivity index (χ2v) is 6.27. The lowest BCUT2D eigenvalue weighted by Crippen LogP contribution is -2.30. The van der Waals surface area contributed by atoms with Gasteiger partial charge in [0.05, 0.1) is 17.0 Å². The van der Waals surface area contributed by atoms with Gasteiger partial charge in [-0.2, -0.15) is 13.2 Å². The minimum atomic E-state index is -4.41. The molecule has 10 heteroatoms. The van der Waals surface area contributed by atoms with Crippen molar-refractivity contribution >= 4 is 28.9 Å². The lowest BCUT2D eigenvalue weighted by Gasteiger charge is -2.17. The van der Waals surface area contributed by atoms with Crippen LogP contribution >= 0.6 is 11.6 Å². The van der Waals surface area contributed by atoms with Gasteiger partial charge in [0, 0.05) is 17.6 Å². The van der Waals surface area contributed by atoms with Crippen LogP contribution in [-0.4, -0.2) is 29.3 Å². The minimum Gasteiger partial charge on any atom is -0.319 e. The Morgan fingerprint density at radius 3 is 2.41 bits per heavy atom. The van der Waals surface area contributed by atoms with E-state index >= 15 is 0 Å². The van der Waals surface area contributed by atoms with Crippen LogP contribution in [0.15, 0.2) is 42.5 Å². The van der Waals surface area contributed by atoms with Gasteiger partial charge in [0.15, 0.2) is 0 Å². The predicted molar refractivity (Wildman–Crippen MR) is 94.5 cm³/mol. The van der Waals surface area contributed by atoms with Crippen molar-refractivity contribution in [2.24, 2.45) is 0 Å². The summed E-state index contributed by atoms with van der Waals surface area (Å²) in [5, 5.41) is 13.7. The largest absolute Gasteiger partial charge is 0.416 e. The Labute approximate surface area is 157 Å². The van der Waals surface area contributed by atoms with E-state index in [1.54, 1.807) is 11.9 Å². The summed E-state index contributed by atoms with van der Waals surface area (Å²) < 4.78 is 37.7. The van der Waals surface area contributed by atoms with Crippen LogP contribution in [0.4, 0.5) is 24.5 Å². The van der Waals surface area contributed by atoms with Crippen molar-refractivity contribution in [2.45, 2.75) is 12.7 Å². The standard InChI is InChI=1S/C17H15ClF3N3O3/c1-23(9-11-2-4-12(5-3-11)17(19,20)21)10-16(25)22-14-8-13(18)6-7-15(14)24(26)27/h2-8H,9-10H2,1H3,(H,22,25). The molecule has 2 aromatic carbocycles. The van der Waals surface area contributed by atoms with Crippen LogP contribution in [-0.2, 0) is 17.5 Å². The fraction of sp³-hybridized carbons (Fsp3) is 0.235. The van der Waals surface area contributed by atoms with Gasteiger partial charge in [-0.25, -0.2) is 0 Å². The fourth-order valence-electron chi connectivity index (χ4n) is 2.37. The van der Waals surface area contributed by atoms with E-state index < -0.39 is 22.6 Å². The molecule has 6 nitrogen and oxygen atoms in total. The Kier molecular flexibility index (Phi) is 6.40. The monoisotopic (exact) mass is 401 g/mol. The van der Waals surface area contributed by atoms with E-state index in [1.807, 2.05) is 0 Å². The van der Waals surface area contributed by atoms with Gasteiger partial charge in [-0.1, -0.05) is 23.7 Å². The predicted octanol–water partition coefficient (Wildman–Crippen LogP) is 4.34. The second kappa shape index (κ2) is 8.36. The summed E-state index contributed by atoms with van der Waals surface area (Å²) >= 11 is 5.80. The van der Waals surface area contributed by atoms with Crippen molar-refractivity contribution < 1.29 is 22.9 Å². The van der Waals surface area contributed by atoms with Crippen LogP contribution in [0.3, 0.4) is 0 Å². The van der Waals surface area contributed by atoms with Gasteiger partial charge in [-0.3, -0.25) is 19.8 Å². The molecule has 0 aliphatic rings. The van der Waals surface area contributed by atoms with Crippen molar-refractivity contribution in [3.8, 4) is 0 Å². The first kappa shape index (κ1) is 20.7. The summed E-state index contributed by atoms with van der Waals surface area (Å²) in [6.45, 7) is 0.105. The van der Waals surface area contributed by atoms with Gasteiger partial charge < -0.3 is 5.32 Å². The number of carbonyl (C=O) groups is 1. The van der Waals surface area contributed by atoms with Crippen LogP contribution < -0.4 is 5.32 Å². The Balaban J connectivity index is 1.98. The molecule has 0 fully saturated rings. The number of carbonyl (C=O) groups excluding carboxylic acids is 1. The van der Waals surface area contributed by atoms with Gasteiger partial charge in [-0.05, 0) is 36.9 Å². The SMILES string of the molecule is CN(CC(=O)Nc1cc(Cl)ccc1[N+](=O)[O-])Cc1ccc(C(F)(F)F)cc1. The maximum absolute atomic E-state index is 12.6. The molecule has 0 unspecified atom stereocenters. The van der Waals surface area contributed by atoms with Gasteiger partial charge in [0.25, 0.3) is 5.69 Å². The highest BCUT2D eigenvalue weighted by atomic mass is 35.5. The molecular weight excluding hydrogens is 387 g/mol. The van der Waals surface area contributed by atoms with Gasteiger partial charge in [-0.15, -0.1) is 0 Å². The van der Waals surface area contributed by atoms with Crippen molar-refractivity contribution in [1.82, 2.24) is 4.90 Å². The molecule has 0 bridgehead atoms. The Morgan fingerprint density at radius 1 is 1.22 bits per heavy atom. The molecule has 0 saturated carbocycles. The molecule has 2 aromatic rings. The van der Waals surface area contributed by atoms with Crippen molar-refractivity contribution in [2.75, 3.05) is 18.9 Å². The molecule has 0 aromatic heterocycles. The number of nitrogens with zero attached hydrogens (tertiary/aromatic N) is 2. The number of hydrogen-bond donors (Lipinski definition) is 1. The third-order valence-corrected chi connectivity index (χ3v) is 3.81. The normalized spacial score (nSPS) is 11.5. The summed E-state index contributed by atoms with van der Waals surface area (Å²) in [5.41, 5.74) is -0.481. The van der Waals surface area contributed by atoms with E-state index in [0.717, 1.165) is 12.1 Å². The molecule has 0 aliphatic heterocycles. The molecule has 0 saturated heterocycles. The lowest BCUT2D eigenvalue weighted by atomic mass is 10.1. The molecule has 0 radical (unpaired) electrons. The average molecular weight is 402 g/mol. The number of hydrogen-bond acceptors (Lipinski definition) is 4. The van der Waals surface area contributed by atoms with Crippen LogP contribution in [0.2, 0.25) is 5.02 Å².